The number of rotatable bonds is 2. The van der Waals surface area contributed by atoms with Crippen LogP contribution in [0.25, 0.3) is 22.2 Å². The molecule has 0 fully saturated rings. The Morgan fingerprint density at radius 3 is 2.14 bits per heavy atom. The van der Waals surface area contributed by atoms with Gasteiger partial charge in [-0.15, -0.1) is 11.3 Å². The molecular formula is C20H16S2. The first-order valence-corrected chi connectivity index (χ1v) is 8.92. The van der Waals surface area contributed by atoms with E-state index in [1.165, 1.54) is 21.2 Å². The number of hydrogen-bond acceptors (Lipinski definition) is 2. The van der Waals surface area contributed by atoms with Gasteiger partial charge in [-0.05, 0) is 38.7 Å². The van der Waals surface area contributed by atoms with E-state index in [1.807, 2.05) is 29.0 Å². The molecule has 22 heavy (non-hydrogen) atoms. The molecule has 108 valence electrons. The molecule has 0 radical (unpaired) electrons. The van der Waals surface area contributed by atoms with E-state index in [9.17, 15) is 0 Å². The Balaban J connectivity index is 0.000000246. The van der Waals surface area contributed by atoms with E-state index in [4.69, 9.17) is 0 Å². The number of benzene rings is 2. The van der Waals surface area contributed by atoms with Gasteiger partial charge in [-0.25, -0.2) is 0 Å². The van der Waals surface area contributed by atoms with Gasteiger partial charge < -0.3 is 0 Å². The van der Waals surface area contributed by atoms with Gasteiger partial charge in [0.25, 0.3) is 0 Å². The lowest BCUT2D eigenvalue weighted by Crippen LogP contribution is -1.70. The van der Waals surface area contributed by atoms with Gasteiger partial charge in [0.2, 0.25) is 0 Å². The van der Waals surface area contributed by atoms with Gasteiger partial charge in [0.05, 0.1) is 0 Å². The Morgan fingerprint density at radius 1 is 0.682 bits per heavy atom. The standard InChI is InChI=1S/C16H12S.C4H4S/c1-2-6-13(7-3-1)10-11-14-12-17-16-9-5-4-8-15(14)16;1-2-4-5-3-1/h1-12H;1-4H. The van der Waals surface area contributed by atoms with Gasteiger partial charge in [-0.3, -0.25) is 0 Å². The molecule has 0 aliphatic carbocycles. The van der Waals surface area contributed by atoms with E-state index in [2.05, 4.69) is 66.1 Å². The van der Waals surface area contributed by atoms with E-state index in [0.717, 1.165) is 0 Å². The molecule has 0 bridgehead atoms. The molecule has 0 N–H and O–H groups in total. The Hall–Kier alpha value is -2.16. The summed E-state index contributed by atoms with van der Waals surface area (Å²) in [5.74, 6) is 0. The molecule has 0 nitrogen and oxygen atoms in total. The molecule has 0 spiro atoms. The zero-order valence-corrected chi connectivity index (χ0v) is 13.7. The minimum Gasteiger partial charge on any atom is -0.152 e. The summed E-state index contributed by atoms with van der Waals surface area (Å²) in [6.07, 6.45) is 4.35. The van der Waals surface area contributed by atoms with E-state index < -0.39 is 0 Å². The van der Waals surface area contributed by atoms with Crippen molar-refractivity contribution in [3.05, 3.63) is 94.0 Å². The van der Waals surface area contributed by atoms with Crippen LogP contribution in [0.1, 0.15) is 11.1 Å². The number of fused-ring (bicyclic) bond motifs is 1. The number of thiophene rings is 2. The third-order valence-corrected chi connectivity index (χ3v) is 4.80. The maximum Gasteiger partial charge on any atom is 0.0348 e. The number of hydrogen-bond donors (Lipinski definition) is 0. The lowest BCUT2D eigenvalue weighted by atomic mass is 10.1. The van der Waals surface area contributed by atoms with Crippen molar-refractivity contribution in [3.63, 3.8) is 0 Å². The average molecular weight is 320 g/mol. The maximum atomic E-state index is 2.21. The zero-order valence-electron chi connectivity index (χ0n) is 12.1. The van der Waals surface area contributed by atoms with Gasteiger partial charge in [-0.2, -0.15) is 11.3 Å². The monoisotopic (exact) mass is 320 g/mol. The SMILES string of the molecule is C(=Cc1csc2ccccc12)c1ccccc1.c1ccsc1. The average Bonchev–Trinajstić information content (AvgIpc) is 3.27. The second kappa shape index (κ2) is 7.74. The van der Waals surface area contributed by atoms with Crippen molar-refractivity contribution in [3.8, 4) is 0 Å². The fraction of sp³-hybridized carbons (Fsp3) is 0. The molecule has 0 aliphatic rings. The molecule has 0 unspecified atom stereocenters. The minimum atomic E-state index is 1.24. The molecule has 2 heterocycles. The largest absolute Gasteiger partial charge is 0.152 e. The first-order chi connectivity index (χ1) is 10.9. The summed E-state index contributed by atoms with van der Waals surface area (Å²) < 4.78 is 1.35. The van der Waals surface area contributed by atoms with Crippen LogP contribution in [-0.2, 0) is 0 Å². The molecule has 2 aromatic carbocycles. The van der Waals surface area contributed by atoms with Crippen molar-refractivity contribution in [1.82, 2.24) is 0 Å². The van der Waals surface area contributed by atoms with Crippen LogP contribution in [0.3, 0.4) is 0 Å². The van der Waals surface area contributed by atoms with Crippen molar-refractivity contribution in [2.24, 2.45) is 0 Å². The van der Waals surface area contributed by atoms with Crippen LogP contribution in [0, 0.1) is 0 Å². The molecule has 2 aromatic heterocycles. The highest BCUT2D eigenvalue weighted by Crippen LogP contribution is 2.27. The molecule has 2 heteroatoms. The Morgan fingerprint density at radius 2 is 1.41 bits per heavy atom. The predicted octanol–water partition coefficient (Wildman–Crippen LogP) is 6.82. The fourth-order valence-electron chi connectivity index (χ4n) is 2.10. The summed E-state index contributed by atoms with van der Waals surface area (Å²) >= 11 is 3.51. The van der Waals surface area contributed by atoms with Gasteiger partial charge in [-0.1, -0.05) is 72.8 Å². The van der Waals surface area contributed by atoms with Crippen LogP contribution in [0.5, 0.6) is 0 Å². The van der Waals surface area contributed by atoms with E-state index >= 15 is 0 Å². The summed E-state index contributed by atoms with van der Waals surface area (Å²) in [4.78, 5) is 0. The zero-order chi connectivity index (χ0) is 15.0. The molecule has 0 atom stereocenters. The van der Waals surface area contributed by atoms with Crippen LogP contribution in [-0.4, -0.2) is 0 Å². The highest BCUT2D eigenvalue weighted by molar-refractivity contribution is 7.17. The topological polar surface area (TPSA) is 0 Å². The van der Waals surface area contributed by atoms with Gasteiger partial charge >= 0.3 is 0 Å². The quantitative estimate of drug-likeness (QED) is 0.380. The fourth-order valence-corrected chi connectivity index (χ4v) is 3.49. The highest BCUT2D eigenvalue weighted by atomic mass is 32.1. The lowest BCUT2D eigenvalue weighted by molar-refractivity contribution is 1.67. The molecule has 0 amide bonds. The van der Waals surface area contributed by atoms with E-state index in [-0.39, 0.29) is 0 Å². The van der Waals surface area contributed by atoms with Gasteiger partial charge in [0.1, 0.15) is 0 Å². The van der Waals surface area contributed by atoms with Crippen LogP contribution >= 0.6 is 22.7 Å². The summed E-state index contributed by atoms with van der Waals surface area (Å²) in [7, 11) is 0. The molecule has 4 rings (SSSR count). The first-order valence-electron chi connectivity index (χ1n) is 7.10. The Bertz CT molecular complexity index is 807. The van der Waals surface area contributed by atoms with E-state index in [0.29, 0.717) is 0 Å². The predicted molar refractivity (Wildman–Crippen MR) is 102 cm³/mol. The second-order valence-corrected chi connectivity index (χ2v) is 6.45. The van der Waals surface area contributed by atoms with Gasteiger partial charge in [0, 0.05) is 4.70 Å². The highest BCUT2D eigenvalue weighted by Gasteiger charge is 1.98. The van der Waals surface area contributed by atoms with Crippen molar-refractivity contribution in [2.45, 2.75) is 0 Å². The van der Waals surface area contributed by atoms with Crippen LogP contribution in [0.2, 0.25) is 0 Å². The molecule has 4 aromatic rings. The smallest absolute Gasteiger partial charge is 0.0348 e. The van der Waals surface area contributed by atoms with Crippen LogP contribution in [0.15, 0.2) is 82.9 Å². The molecular weight excluding hydrogens is 304 g/mol. The van der Waals surface area contributed by atoms with Crippen molar-refractivity contribution < 1.29 is 0 Å². The first kappa shape index (κ1) is 14.8. The molecule has 0 saturated carbocycles. The van der Waals surface area contributed by atoms with Crippen molar-refractivity contribution >= 4 is 44.9 Å². The van der Waals surface area contributed by atoms with Crippen molar-refractivity contribution in [2.75, 3.05) is 0 Å². The van der Waals surface area contributed by atoms with Crippen LogP contribution in [0.4, 0.5) is 0 Å². The van der Waals surface area contributed by atoms with Crippen LogP contribution < -0.4 is 0 Å². The molecule has 0 aliphatic heterocycles. The summed E-state index contributed by atoms with van der Waals surface area (Å²) in [6.45, 7) is 0. The Labute approximate surface area is 139 Å². The van der Waals surface area contributed by atoms with Gasteiger partial charge in [0.15, 0.2) is 0 Å². The summed E-state index contributed by atoms with van der Waals surface area (Å²) in [5.41, 5.74) is 2.54. The maximum absolute atomic E-state index is 2.21. The third-order valence-electron chi connectivity index (χ3n) is 3.19. The summed E-state index contributed by atoms with van der Waals surface area (Å²) in [6, 6.07) is 23.0. The lowest BCUT2D eigenvalue weighted by Gasteiger charge is -1.92. The van der Waals surface area contributed by atoms with E-state index in [1.54, 1.807) is 22.7 Å². The minimum absolute atomic E-state index is 1.24. The summed E-state index contributed by atoms with van der Waals surface area (Å²) in [5, 5.41) is 7.63. The normalized spacial score (nSPS) is 10.5. The second-order valence-electron chi connectivity index (χ2n) is 4.72. The molecule has 0 saturated heterocycles. The van der Waals surface area contributed by atoms with Crippen molar-refractivity contribution in [1.29, 1.82) is 0 Å². The third kappa shape index (κ3) is 3.94. The Kier molecular flexibility index (Phi) is 5.19.